The SMILES string of the molecule is O=C(N/N=C\c1ccc(F)cc1F)c1ccc([N+](=O)[O-])cc1. The standard InChI is InChI=1S/C14H9F2N3O3/c15-11-4-1-10(13(16)7-11)8-17-18-14(20)9-2-5-12(6-3-9)19(21)22/h1-8H,(H,18,20)/b17-8-. The van der Waals surface area contributed by atoms with Gasteiger partial charge in [0.1, 0.15) is 11.6 Å². The van der Waals surface area contributed by atoms with E-state index < -0.39 is 22.5 Å². The van der Waals surface area contributed by atoms with Gasteiger partial charge in [0.15, 0.2) is 0 Å². The van der Waals surface area contributed by atoms with Crippen molar-refractivity contribution in [2.45, 2.75) is 0 Å². The van der Waals surface area contributed by atoms with Crippen LogP contribution in [0, 0.1) is 21.7 Å². The van der Waals surface area contributed by atoms with E-state index in [9.17, 15) is 23.7 Å². The Kier molecular flexibility index (Phi) is 4.52. The molecule has 0 fully saturated rings. The van der Waals surface area contributed by atoms with E-state index in [1.807, 2.05) is 0 Å². The van der Waals surface area contributed by atoms with Gasteiger partial charge >= 0.3 is 0 Å². The first-order valence-corrected chi connectivity index (χ1v) is 6.00. The van der Waals surface area contributed by atoms with Crippen LogP contribution in [0.1, 0.15) is 15.9 Å². The van der Waals surface area contributed by atoms with Gasteiger partial charge in [-0.2, -0.15) is 5.10 Å². The molecule has 0 atom stereocenters. The number of nitro benzene ring substituents is 1. The summed E-state index contributed by atoms with van der Waals surface area (Å²) in [4.78, 5) is 21.6. The smallest absolute Gasteiger partial charge is 0.267 e. The molecule has 1 amide bonds. The Morgan fingerprint density at radius 1 is 1.18 bits per heavy atom. The molecule has 2 aromatic carbocycles. The summed E-state index contributed by atoms with van der Waals surface area (Å²) >= 11 is 0. The molecule has 0 spiro atoms. The van der Waals surface area contributed by atoms with Crippen molar-refractivity contribution in [2.75, 3.05) is 0 Å². The Bertz CT molecular complexity index is 745. The molecule has 8 heteroatoms. The van der Waals surface area contributed by atoms with Crippen molar-refractivity contribution in [1.82, 2.24) is 5.43 Å². The van der Waals surface area contributed by atoms with Gasteiger partial charge in [0, 0.05) is 29.3 Å². The fraction of sp³-hybridized carbons (Fsp3) is 0. The molecule has 0 radical (unpaired) electrons. The van der Waals surface area contributed by atoms with Crippen molar-refractivity contribution in [3.05, 3.63) is 75.3 Å². The first-order chi connectivity index (χ1) is 10.5. The fourth-order valence-electron chi connectivity index (χ4n) is 1.57. The van der Waals surface area contributed by atoms with Crippen LogP contribution in [0.5, 0.6) is 0 Å². The van der Waals surface area contributed by atoms with Crippen LogP contribution in [0.4, 0.5) is 14.5 Å². The Morgan fingerprint density at radius 2 is 1.86 bits per heavy atom. The van der Waals surface area contributed by atoms with E-state index >= 15 is 0 Å². The van der Waals surface area contributed by atoms with E-state index in [0.29, 0.717) is 6.07 Å². The largest absolute Gasteiger partial charge is 0.271 e. The predicted octanol–water partition coefficient (Wildman–Crippen LogP) is 2.64. The molecule has 6 nitrogen and oxygen atoms in total. The Labute approximate surface area is 123 Å². The summed E-state index contributed by atoms with van der Waals surface area (Å²) in [6, 6.07) is 7.81. The summed E-state index contributed by atoms with van der Waals surface area (Å²) in [5, 5.41) is 14.0. The number of hydrazone groups is 1. The molecule has 22 heavy (non-hydrogen) atoms. The van der Waals surface area contributed by atoms with Gasteiger partial charge in [-0.05, 0) is 24.3 Å². The summed E-state index contributed by atoms with van der Waals surface area (Å²) in [6.07, 6.45) is 1.03. The number of nitro groups is 1. The van der Waals surface area contributed by atoms with Crippen molar-refractivity contribution < 1.29 is 18.5 Å². The Hall–Kier alpha value is -3.16. The van der Waals surface area contributed by atoms with Gasteiger partial charge < -0.3 is 0 Å². The van der Waals surface area contributed by atoms with E-state index in [4.69, 9.17) is 0 Å². The average Bonchev–Trinajstić information content (AvgIpc) is 2.49. The lowest BCUT2D eigenvalue weighted by atomic mass is 10.2. The molecule has 0 aliphatic heterocycles. The Morgan fingerprint density at radius 3 is 2.45 bits per heavy atom. The maximum atomic E-state index is 13.3. The van der Waals surface area contributed by atoms with Crippen LogP contribution in [0.2, 0.25) is 0 Å². The van der Waals surface area contributed by atoms with Gasteiger partial charge in [-0.15, -0.1) is 0 Å². The normalized spacial score (nSPS) is 10.6. The molecule has 1 N–H and O–H groups in total. The number of amides is 1. The highest BCUT2D eigenvalue weighted by molar-refractivity contribution is 5.95. The van der Waals surface area contributed by atoms with Crippen LogP contribution in [0.25, 0.3) is 0 Å². The number of hydrogen-bond donors (Lipinski definition) is 1. The number of nitrogens with one attached hydrogen (secondary N) is 1. The monoisotopic (exact) mass is 305 g/mol. The van der Waals surface area contributed by atoms with Gasteiger partial charge in [-0.1, -0.05) is 0 Å². The number of carbonyl (C=O) groups excluding carboxylic acids is 1. The number of halogens is 2. The quantitative estimate of drug-likeness (QED) is 0.535. The maximum Gasteiger partial charge on any atom is 0.271 e. The highest BCUT2D eigenvalue weighted by Gasteiger charge is 2.08. The molecular weight excluding hydrogens is 296 g/mol. The lowest BCUT2D eigenvalue weighted by Crippen LogP contribution is -2.17. The van der Waals surface area contributed by atoms with Crippen molar-refractivity contribution in [3.63, 3.8) is 0 Å². The molecule has 0 unspecified atom stereocenters. The molecule has 0 aliphatic carbocycles. The topological polar surface area (TPSA) is 84.6 Å². The first-order valence-electron chi connectivity index (χ1n) is 6.00. The number of non-ortho nitro benzene ring substituents is 1. The van der Waals surface area contributed by atoms with Gasteiger partial charge in [0.2, 0.25) is 0 Å². The van der Waals surface area contributed by atoms with E-state index in [2.05, 4.69) is 10.5 Å². The van der Waals surface area contributed by atoms with Crippen molar-refractivity contribution in [1.29, 1.82) is 0 Å². The zero-order valence-electron chi connectivity index (χ0n) is 11.0. The molecule has 0 aliphatic rings. The second-order valence-corrected chi connectivity index (χ2v) is 4.17. The summed E-state index contributed by atoms with van der Waals surface area (Å²) < 4.78 is 26.0. The van der Waals surface area contributed by atoms with Crippen molar-refractivity contribution in [3.8, 4) is 0 Å². The molecule has 0 saturated heterocycles. The van der Waals surface area contributed by atoms with Crippen LogP contribution in [0.15, 0.2) is 47.6 Å². The zero-order chi connectivity index (χ0) is 16.1. The summed E-state index contributed by atoms with van der Waals surface area (Å²) in [7, 11) is 0. The van der Waals surface area contributed by atoms with Crippen molar-refractivity contribution in [2.24, 2.45) is 5.10 Å². The summed E-state index contributed by atoms with van der Waals surface area (Å²) in [6.45, 7) is 0. The van der Waals surface area contributed by atoms with Crippen LogP contribution in [-0.4, -0.2) is 17.0 Å². The molecule has 2 aromatic rings. The highest BCUT2D eigenvalue weighted by Crippen LogP contribution is 2.11. The second kappa shape index (κ2) is 6.53. The second-order valence-electron chi connectivity index (χ2n) is 4.17. The van der Waals surface area contributed by atoms with Crippen LogP contribution >= 0.6 is 0 Å². The van der Waals surface area contributed by atoms with E-state index in [-0.39, 0.29) is 16.8 Å². The average molecular weight is 305 g/mol. The fourth-order valence-corrected chi connectivity index (χ4v) is 1.57. The Balaban J connectivity index is 2.02. The van der Waals surface area contributed by atoms with Gasteiger partial charge in [0.25, 0.3) is 11.6 Å². The van der Waals surface area contributed by atoms with Crippen LogP contribution < -0.4 is 5.43 Å². The third kappa shape index (κ3) is 3.69. The molecular formula is C14H9F2N3O3. The minimum absolute atomic E-state index is 0.00500. The number of benzene rings is 2. The maximum absolute atomic E-state index is 13.3. The summed E-state index contributed by atoms with van der Waals surface area (Å²) in [5.74, 6) is -2.15. The number of nitrogens with zero attached hydrogens (tertiary/aromatic N) is 2. The van der Waals surface area contributed by atoms with E-state index in [0.717, 1.165) is 12.3 Å². The number of rotatable bonds is 4. The lowest BCUT2D eigenvalue weighted by molar-refractivity contribution is -0.384. The van der Waals surface area contributed by atoms with E-state index in [1.54, 1.807) is 0 Å². The van der Waals surface area contributed by atoms with Gasteiger partial charge in [-0.3, -0.25) is 14.9 Å². The molecule has 2 rings (SSSR count). The number of carbonyl (C=O) groups is 1. The van der Waals surface area contributed by atoms with Gasteiger partial charge in [0.05, 0.1) is 11.1 Å². The lowest BCUT2D eigenvalue weighted by Gasteiger charge is -2.00. The van der Waals surface area contributed by atoms with Gasteiger partial charge in [-0.25, -0.2) is 14.2 Å². The predicted molar refractivity (Wildman–Crippen MR) is 74.5 cm³/mol. The highest BCUT2D eigenvalue weighted by atomic mass is 19.1. The minimum atomic E-state index is -0.812. The third-order valence-electron chi connectivity index (χ3n) is 2.67. The number of hydrogen-bond acceptors (Lipinski definition) is 4. The van der Waals surface area contributed by atoms with E-state index in [1.165, 1.54) is 30.3 Å². The molecule has 112 valence electrons. The molecule has 0 heterocycles. The first kappa shape index (κ1) is 15.2. The molecule has 0 bridgehead atoms. The van der Waals surface area contributed by atoms with Crippen LogP contribution in [-0.2, 0) is 0 Å². The molecule has 0 saturated carbocycles. The minimum Gasteiger partial charge on any atom is -0.267 e. The summed E-state index contributed by atoms with van der Waals surface area (Å²) in [5.41, 5.74) is 2.15. The molecule has 0 aromatic heterocycles. The third-order valence-corrected chi connectivity index (χ3v) is 2.67. The zero-order valence-corrected chi connectivity index (χ0v) is 11.0. The van der Waals surface area contributed by atoms with Crippen LogP contribution in [0.3, 0.4) is 0 Å². The van der Waals surface area contributed by atoms with Crippen molar-refractivity contribution >= 4 is 17.8 Å².